The van der Waals surface area contributed by atoms with Crippen molar-refractivity contribution in [3.8, 4) is 0 Å². The Morgan fingerprint density at radius 3 is 2.67 bits per heavy atom. The molecule has 5 heteroatoms. The van der Waals surface area contributed by atoms with Crippen LogP contribution in [0.3, 0.4) is 0 Å². The summed E-state index contributed by atoms with van der Waals surface area (Å²) in [6.45, 7) is 1.74. The van der Waals surface area contributed by atoms with Crippen molar-refractivity contribution in [3.05, 3.63) is 27.3 Å². The van der Waals surface area contributed by atoms with Crippen LogP contribution in [0.1, 0.15) is 23.7 Å². The fraction of sp³-hybridized carbons (Fsp3) is 0.200. The van der Waals surface area contributed by atoms with Crippen molar-refractivity contribution in [3.63, 3.8) is 0 Å². The molecule has 1 rings (SSSR count). The summed E-state index contributed by atoms with van der Waals surface area (Å²) in [4.78, 5) is 21.9. The number of rotatable bonds is 3. The quantitative estimate of drug-likeness (QED) is 0.841. The van der Waals surface area contributed by atoms with Crippen molar-refractivity contribution in [1.82, 2.24) is 0 Å². The lowest BCUT2D eigenvalue weighted by molar-refractivity contribution is -0.115. The predicted molar refractivity (Wildman–Crippen MR) is 65.0 cm³/mol. The van der Waals surface area contributed by atoms with Crippen molar-refractivity contribution in [1.29, 1.82) is 0 Å². The van der Waals surface area contributed by atoms with E-state index in [9.17, 15) is 9.59 Å². The third-order valence-corrected chi connectivity index (χ3v) is 2.75. The van der Waals surface area contributed by atoms with Crippen LogP contribution in [0.25, 0.3) is 0 Å². The number of halogens is 1. The lowest BCUT2D eigenvalue weighted by atomic mass is 10.2. The Labute approximate surface area is 101 Å². The molecule has 0 unspecified atom stereocenters. The molecule has 0 heterocycles. The maximum Gasteiger partial charge on any atom is 0.335 e. The Bertz CT molecular complexity index is 404. The van der Waals surface area contributed by atoms with Gasteiger partial charge in [-0.05, 0) is 40.8 Å². The molecule has 0 bridgehead atoms. The van der Waals surface area contributed by atoms with Gasteiger partial charge in [0, 0.05) is 9.99 Å². The second-order valence-corrected chi connectivity index (χ2v) is 4.06. The van der Waals surface area contributed by atoms with E-state index in [1.165, 1.54) is 12.1 Å². The van der Waals surface area contributed by atoms with E-state index in [1.807, 2.05) is 22.6 Å². The van der Waals surface area contributed by atoms with Crippen LogP contribution in [0.15, 0.2) is 18.2 Å². The lowest BCUT2D eigenvalue weighted by Crippen LogP contribution is -2.11. The largest absolute Gasteiger partial charge is 0.478 e. The van der Waals surface area contributed by atoms with E-state index in [2.05, 4.69) is 5.32 Å². The molecule has 0 saturated carbocycles. The standard InChI is InChI=1S/C10H10INO3/c1-2-9(13)12-8-5-6(10(14)15)3-4-7(8)11/h3-5H,2H2,1H3,(H,12,13)(H,14,15). The summed E-state index contributed by atoms with van der Waals surface area (Å²) in [6.07, 6.45) is 0.368. The Hall–Kier alpha value is -1.11. The molecule has 0 aromatic heterocycles. The lowest BCUT2D eigenvalue weighted by Gasteiger charge is -2.06. The molecule has 0 fully saturated rings. The first-order chi connectivity index (χ1) is 7.04. The molecule has 4 nitrogen and oxygen atoms in total. The van der Waals surface area contributed by atoms with Crippen LogP contribution in [-0.2, 0) is 4.79 Å². The van der Waals surface area contributed by atoms with E-state index in [-0.39, 0.29) is 11.5 Å². The van der Waals surface area contributed by atoms with Crippen LogP contribution < -0.4 is 5.32 Å². The monoisotopic (exact) mass is 319 g/mol. The van der Waals surface area contributed by atoms with Gasteiger partial charge in [-0.25, -0.2) is 4.79 Å². The van der Waals surface area contributed by atoms with E-state index >= 15 is 0 Å². The topological polar surface area (TPSA) is 66.4 Å². The minimum absolute atomic E-state index is 0.129. The molecule has 80 valence electrons. The van der Waals surface area contributed by atoms with Crippen LogP contribution in [0, 0.1) is 3.57 Å². The summed E-state index contributed by atoms with van der Waals surface area (Å²) in [5.41, 5.74) is 0.712. The van der Waals surface area contributed by atoms with Crippen molar-refractivity contribution in [2.45, 2.75) is 13.3 Å². The fourth-order valence-electron chi connectivity index (χ4n) is 0.993. The maximum absolute atomic E-state index is 11.2. The summed E-state index contributed by atoms with van der Waals surface area (Å²) in [6, 6.07) is 4.62. The number of carboxylic acids is 1. The Kier molecular flexibility index (Phi) is 4.07. The first kappa shape index (κ1) is 12.0. The second-order valence-electron chi connectivity index (χ2n) is 2.90. The molecule has 0 saturated heterocycles. The Morgan fingerprint density at radius 2 is 2.13 bits per heavy atom. The number of anilines is 1. The van der Waals surface area contributed by atoms with Crippen molar-refractivity contribution in [2.75, 3.05) is 5.32 Å². The van der Waals surface area contributed by atoms with E-state index in [1.54, 1.807) is 13.0 Å². The third kappa shape index (κ3) is 3.19. The van der Waals surface area contributed by atoms with Crippen LogP contribution in [0.2, 0.25) is 0 Å². The average molecular weight is 319 g/mol. The Morgan fingerprint density at radius 1 is 1.47 bits per heavy atom. The van der Waals surface area contributed by atoms with Crippen molar-refractivity contribution in [2.24, 2.45) is 0 Å². The molecule has 1 aromatic carbocycles. The molecule has 0 spiro atoms. The van der Waals surface area contributed by atoms with Gasteiger partial charge in [-0.3, -0.25) is 4.79 Å². The molecule has 0 atom stereocenters. The van der Waals surface area contributed by atoms with E-state index in [0.717, 1.165) is 3.57 Å². The van der Waals surface area contributed by atoms with Gasteiger partial charge in [0.15, 0.2) is 0 Å². The summed E-state index contributed by atoms with van der Waals surface area (Å²) < 4.78 is 0.819. The average Bonchev–Trinajstić information content (AvgIpc) is 2.20. The number of aromatic carboxylic acids is 1. The minimum atomic E-state index is -1.00. The van der Waals surface area contributed by atoms with Gasteiger partial charge in [0.05, 0.1) is 11.3 Å². The molecule has 0 aliphatic carbocycles. The number of carboxylic acid groups (broad SMARTS) is 1. The first-order valence-electron chi connectivity index (χ1n) is 4.37. The molecule has 1 amide bonds. The van der Waals surface area contributed by atoms with Crippen molar-refractivity contribution >= 4 is 40.2 Å². The number of hydrogen-bond donors (Lipinski definition) is 2. The van der Waals surface area contributed by atoms with Crippen LogP contribution in [0.4, 0.5) is 5.69 Å². The summed E-state index contributed by atoms with van der Waals surface area (Å²) in [5.74, 6) is -1.13. The summed E-state index contributed by atoms with van der Waals surface area (Å²) in [7, 11) is 0. The molecular formula is C10H10INO3. The second kappa shape index (κ2) is 5.11. The number of benzene rings is 1. The molecule has 2 N–H and O–H groups in total. The number of nitrogens with one attached hydrogen (secondary N) is 1. The molecule has 15 heavy (non-hydrogen) atoms. The first-order valence-corrected chi connectivity index (χ1v) is 5.45. The van der Waals surface area contributed by atoms with E-state index in [4.69, 9.17) is 5.11 Å². The molecule has 0 radical (unpaired) electrons. The van der Waals surface area contributed by atoms with Crippen LogP contribution in [0.5, 0.6) is 0 Å². The highest BCUT2D eigenvalue weighted by Gasteiger charge is 2.08. The number of carbonyl (C=O) groups is 2. The van der Waals surface area contributed by atoms with Gasteiger partial charge in [-0.1, -0.05) is 6.92 Å². The molecule has 0 aliphatic rings. The zero-order chi connectivity index (χ0) is 11.4. The van der Waals surface area contributed by atoms with Gasteiger partial charge in [0.25, 0.3) is 0 Å². The van der Waals surface area contributed by atoms with E-state index < -0.39 is 5.97 Å². The van der Waals surface area contributed by atoms with Crippen LogP contribution >= 0.6 is 22.6 Å². The van der Waals surface area contributed by atoms with Gasteiger partial charge in [0.2, 0.25) is 5.91 Å². The molecule has 0 aliphatic heterocycles. The number of carbonyl (C=O) groups excluding carboxylic acids is 1. The smallest absolute Gasteiger partial charge is 0.335 e. The zero-order valence-electron chi connectivity index (χ0n) is 8.08. The van der Waals surface area contributed by atoms with Gasteiger partial charge in [0.1, 0.15) is 0 Å². The molecular weight excluding hydrogens is 309 g/mol. The van der Waals surface area contributed by atoms with Gasteiger partial charge >= 0.3 is 5.97 Å². The highest BCUT2D eigenvalue weighted by Crippen LogP contribution is 2.20. The number of hydrogen-bond acceptors (Lipinski definition) is 2. The zero-order valence-corrected chi connectivity index (χ0v) is 10.2. The third-order valence-electron chi connectivity index (χ3n) is 1.81. The van der Waals surface area contributed by atoms with E-state index in [0.29, 0.717) is 12.1 Å². The highest BCUT2D eigenvalue weighted by atomic mass is 127. The van der Waals surface area contributed by atoms with Crippen LogP contribution in [-0.4, -0.2) is 17.0 Å². The highest BCUT2D eigenvalue weighted by molar-refractivity contribution is 14.1. The number of amides is 1. The van der Waals surface area contributed by atoms with Gasteiger partial charge in [-0.2, -0.15) is 0 Å². The summed E-state index contributed by atoms with van der Waals surface area (Å²) in [5, 5.41) is 11.4. The minimum Gasteiger partial charge on any atom is -0.478 e. The predicted octanol–water partition coefficient (Wildman–Crippen LogP) is 2.34. The maximum atomic E-state index is 11.2. The normalized spacial score (nSPS) is 9.73. The van der Waals surface area contributed by atoms with Gasteiger partial charge in [-0.15, -0.1) is 0 Å². The Balaban J connectivity index is 3.00. The summed E-state index contributed by atoms with van der Waals surface area (Å²) >= 11 is 2.04. The van der Waals surface area contributed by atoms with Crippen molar-refractivity contribution < 1.29 is 14.7 Å². The fourth-order valence-corrected chi connectivity index (χ4v) is 1.46. The molecule has 1 aromatic rings. The van der Waals surface area contributed by atoms with Gasteiger partial charge < -0.3 is 10.4 Å². The SMILES string of the molecule is CCC(=O)Nc1cc(C(=O)O)ccc1I.